The van der Waals surface area contributed by atoms with Crippen LogP contribution in [0.15, 0.2) is 53.6 Å². The lowest BCUT2D eigenvalue weighted by Crippen LogP contribution is -2.18. The van der Waals surface area contributed by atoms with Crippen LogP contribution < -0.4 is 11.2 Å². The molecule has 5 heteroatoms. The lowest BCUT2D eigenvalue weighted by Gasteiger charge is -2.02. The maximum atomic E-state index is 12.7. The third-order valence-electron chi connectivity index (χ3n) is 2.46. The molecule has 0 aliphatic heterocycles. The SMILES string of the molecule is Nc1ccccc1C(=O)N/N=C\c1ccc(F)cc1. The molecule has 19 heavy (non-hydrogen) atoms. The average molecular weight is 257 g/mol. The van der Waals surface area contributed by atoms with Crippen LogP contribution in [0.4, 0.5) is 10.1 Å². The quantitative estimate of drug-likeness (QED) is 0.502. The Morgan fingerprint density at radius 1 is 1.16 bits per heavy atom. The van der Waals surface area contributed by atoms with Gasteiger partial charge in [0.15, 0.2) is 0 Å². The molecule has 0 unspecified atom stereocenters. The minimum absolute atomic E-state index is 0.321. The molecule has 0 bridgehead atoms. The summed E-state index contributed by atoms with van der Waals surface area (Å²) in [5.74, 6) is -0.713. The van der Waals surface area contributed by atoms with Gasteiger partial charge in [-0.2, -0.15) is 5.10 Å². The van der Waals surface area contributed by atoms with E-state index in [0.717, 1.165) is 0 Å². The van der Waals surface area contributed by atoms with E-state index in [2.05, 4.69) is 10.5 Å². The Kier molecular flexibility index (Phi) is 3.87. The van der Waals surface area contributed by atoms with E-state index in [1.54, 1.807) is 36.4 Å². The minimum atomic E-state index is -0.392. The van der Waals surface area contributed by atoms with E-state index < -0.39 is 5.91 Å². The van der Waals surface area contributed by atoms with Crippen LogP contribution >= 0.6 is 0 Å². The number of nitrogens with one attached hydrogen (secondary N) is 1. The second kappa shape index (κ2) is 5.77. The van der Waals surface area contributed by atoms with Crippen molar-refractivity contribution in [3.05, 3.63) is 65.5 Å². The number of halogens is 1. The number of anilines is 1. The van der Waals surface area contributed by atoms with Gasteiger partial charge in [-0.3, -0.25) is 4.79 Å². The Balaban J connectivity index is 2.01. The molecule has 2 rings (SSSR count). The van der Waals surface area contributed by atoms with Gasteiger partial charge in [0.05, 0.1) is 11.8 Å². The van der Waals surface area contributed by atoms with Crippen molar-refractivity contribution in [2.24, 2.45) is 5.10 Å². The molecule has 2 aromatic carbocycles. The molecule has 0 heterocycles. The van der Waals surface area contributed by atoms with E-state index in [1.807, 2.05) is 0 Å². The Bertz CT molecular complexity index is 608. The second-order valence-electron chi connectivity index (χ2n) is 3.84. The van der Waals surface area contributed by atoms with Crippen molar-refractivity contribution in [1.29, 1.82) is 0 Å². The number of carbonyl (C=O) groups excluding carboxylic acids is 1. The number of benzene rings is 2. The van der Waals surface area contributed by atoms with E-state index in [4.69, 9.17) is 5.73 Å². The maximum absolute atomic E-state index is 12.7. The van der Waals surface area contributed by atoms with Gasteiger partial charge in [-0.25, -0.2) is 9.82 Å². The number of para-hydroxylation sites is 1. The number of hydrogen-bond acceptors (Lipinski definition) is 3. The molecular weight excluding hydrogens is 245 g/mol. The topological polar surface area (TPSA) is 67.5 Å². The van der Waals surface area contributed by atoms with Crippen LogP contribution in [0, 0.1) is 5.82 Å². The predicted molar refractivity (Wildman–Crippen MR) is 72.3 cm³/mol. The fraction of sp³-hybridized carbons (Fsp3) is 0. The smallest absolute Gasteiger partial charge is 0.273 e. The van der Waals surface area contributed by atoms with Gasteiger partial charge >= 0.3 is 0 Å². The number of hydrazone groups is 1. The Morgan fingerprint density at radius 2 is 1.84 bits per heavy atom. The zero-order valence-corrected chi connectivity index (χ0v) is 10.0. The zero-order valence-electron chi connectivity index (χ0n) is 10.0. The van der Waals surface area contributed by atoms with Gasteiger partial charge in [0.25, 0.3) is 5.91 Å². The molecular formula is C14H12FN3O. The molecule has 0 fully saturated rings. The summed E-state index contributed by atoms with van der Waals surface area (Å²) in [6, 6.07) is 12.5. The van der Waals surface area contributed by atoms with Gasteiger partial charge < -0.3 is 5.73 Å². The summed E-state index contributed by atoms with van der Waals surface area (Å²) < 4.78 is 12.7. The van der Waals surface area contributed by atoms with Crippen LogP contribution in [0.5, 0.6) is 0 Å². The summed E-state index contributed by atoms with van der Waals surface area (Å²) in [5.41, 5.74) is 9.46. The highest BCUT2D eigenvalue weighted by Crippen LogP contribution is 2.09. The van der Waals surface area contributed by atoms with E-state index in [9.17, 15) is 9.18 Å². The summed E-state index contributed by atoms with van der Waals surface area (Å²) in [6.45, 7) is 0. The van der Waals surface area contributed by atoms with E-state index in [0.29, 0.717) is 16.8 Å². The van der Waals surface area contributed by atoms with E-state index >= 15 is 0 Å². The summed E-state index contributed by atoms with van der Waals surface area (Å²) in [7, 11) is 0. The Hall–Kier alpha value is -2.69. The van der Waals surface area contributed by atoms with E-state index in [1.165, 1.54) is 18.3 Å². The van der Waals surface area contributed by atoms with Gasteiger partial charge in [-0.05, 0) is 29.8 Å². The molecule has 0 spiro atoms. The molecule has 3 N–H and O–H groups in total. The molecule has 1 amide bonds. The first-order valence-electron chi connectivity index (χ1n) is 5.60. The molecule has 0 saturated heterocycles. The van der Waals surface area contributed by atoms with Crippen molar-refractivity contribution in [3.63, 3.8) is 0 Å². The zero-order chi connectivity index (χ0) is 13.7. The number of nitrogen functional groups attached to an aromatic ring is 1. The van der Waals surface area contributed by atoms with Crippen LogP contribution in [-0.2, 0) is 0 Å². The van der Waals surface area contributed by atoms with Gasteiger partial charge in [-0.1, -0.05) is 24.3 Å². The van der Waals surface area contributed by atoms with Gasteiger partial charge in [0.1, 0.15) is 5.82 Å². The number of rotatable bonds is 3. The standard InChI is InChI=1S/C14H12FN3O/c15-11-7-5-10(6-8-11)9-17-18-14(19)12-3-1-2-4-13(12)16/h1-9H,16H2,(H,18,19)/b17-9-. The molecule has 0 radical (unpaired) electrons. The van der Waals surface area contributed by atoms with Crippen molar-refractivity contribution in [3.8, 4) is 0 Å². The van der Waals surface area contributed by atoms with Crippen molar-refractivity contribution in [1.82, 2.24) is 5.43 Å². The first-order valence-corrected chi connectivity index (χ1v) is 5.60. The number of hydrogen-bond donors (Lipinski definition) is 2. The van der Waals surface area contributed by atoms with Crippen molar-refractivity contribution in [2.75, 3.05) is 5.73 Å². The summed E-state index contributed by atoms with van der Waals surface area (Å²) in [5, 5.41) is 3.79. The molecule has 0 saturated carbocycles. The molecule has 0 atom stereocenters. The van der Waals surface area contributed by atoms with Gasteiger partial charge in [0.2, 0.25) is 0 Å². The minimum Gasteiger partial charge on any atom is -0.398 e. The summed E-state index contributed by atoms with van der Waals surface area (Å²) in [4.78, 5) is 11.7. The second-order valence-corrected chi connectivity index (χ2v) is 3.84. The number of carbonyl (C=O) groups is 1. The number of nitrogens with zero attached hydrogens (tertiary/aromatic N) is 1. The fourth-order valence-electron chi connectivity index (χ4n) is 1.48. The molecule has 0 aliphatic carbocycles. The molecule has 0 aromatic heterocycles. The van der Waals surface area contributed by atoms with Crippen molar-refractivity contribution in [2.45, 2.75) is 0 Å². The maximum Gasteiger partial charge on any atom is 0.273 e. The lowest BCUT2D eigenvalue weighted by molar-refractivity contribution is 0.0956. The first-order chi connectivity index (χ1) is 9.16. The fourth-order valence-corrected chi connectivity index (χ4v) is 1.48. The first kappa shape index (κ1) is 12.8. The monoisotopic (exact) mass is 257 g/mol. The third kappa shape index (κ3) is 3.38. The highest BCUT2D eigenvalue weighted by molar-refractivity contribution is 5.99. The van der Waals surface area contributed by atoms with E-state index in [-0.39, 0.29) is 5.82 Å². The van der Waals surface area contributed by atoms with Crippen LogP contribution in [-0.4, -0.2) is 12.1 Å². The molecule has 96 valence electrons. The van der Waals surface area contributed by atoms with Crippen molar-refractivity contribution < 1.29 is 9.18 Å². The number of amides is 1. The summed E-state index contributed by atoms with van der Waals surface area (Å²) in [6.07, 6.45) is 1.43. The highest BCUT2D eigenvalue weighted by Gasteiger charge is 2.06. The van der Waals surface area contributed by atoms with Crippen LogP contribution in [0.3, 0.4) is 0 Å². The normalized spacial score (nSPS) is 10.6. The lowest BCUT2D eigenvalue weighted by atomic mass is 10.2. The van der Waals surface area contributed by atoms with Gasteiger partial charge in [0, 0.05) is 5.69 Å². The molecule has 4 nitrogen and oxygen atoms in total. The average Bonchev–Trinajstić information content (AvgIpc) is 2.41. The largest absolute Gasteiger partial charge is 0.398 e. The number of nitrogens with two attached hydrogens (primary N) is 1. The molecule has 0 aliphatic rings. The third-order valence-corrected chi connectivity index (χ3v) is 2.46. The predicted octanol–water partition coefficient (Wildman–Crippen LogP) is 2.17. The Labute approximate surface area is 109 Å². The van der Waals surface area contributed by atoms with Crippen molar-refractivity contribution >= 4 is 17.8 Å². The van der Waals surface area contributed by atoms with Crippen LogP contribution in [0.25, 0.3) is 0 Å². The van der Waals surface area contributed by atoms with Gasteiger partial charge in [-0.15, -0.1) is 0 Å². The Morgan fingerprint density at radius 3 is 2.53 bits per heavy atom. The summed E-state index contributed by atoms with van der Waals surface area (Å²) >= 11 is 0. The van der Waals surface area contributed by atoms with Crippen LogP contribution in [0.1, 0.15) is 15.9 Å². The van der Waals surface area contributed by atoms with Crippen LogP contribution in [0.2, 0.25) is 0 Å². The highest BCUT2D eigenvalue weighted by atomic mass is 19.1. The molecule has 2 aromatic rings.